The van der Waals surface area contributed by atoms with E-state index in [1.165, 1.54) is 17.2 Å². The highest BCUT2D eigenvalue weighted by Gasteiger charge is 2.33. The lowest BCUT2D eigenvalue weighted by Gasteiger charge is -2.25. The van der Waals surface area contributed by atoms with E-state index in [0.717, 1.165) is 6.20 Å². The minimum absolute atomic E-state index is 0.0960. The van der Waals surface area contributed by atoms with E-state index >= 15 is 0 Å². The van der Waals surface area contributed by atoms with Crippen molar-refractivity contribution >= 4 is 34.4 Å². The molecule has 0 aliphatic carbocycles. The maximum Gasteiger partial charge on any atom is 0.405 e. The fraction of sp³-hybridized carbons (Fsp3) is 0.222. The van der Waals surface area contributed by atoms with Crippen LogP contribution in [0, 0.1) is 5.82 Å². The molecule has 3 aromatic rings. The van der Waals surface area contributed by atoms with Crippen LogP contribution in [0.1, 0.15) is 0 Å². The second kappa shape index (κ2) is 7.56. The molecule has 0 fully saturated rings. The van der Waals surface area contributed by atoms with E-state index in [1.807, 2.05) is 0 Å². The topological polar surface area (TPSA) is 86.8 Å². The van der Waals surface area contributed by atoms with Crippen molar-refractivity contribution in [2.75, 3.05) is 18.0 Å². The zero-order valence-electron chi connectivity index (χ0n) is 15.0. The molecule has 7 nitrogen and oxygen atoms in total. The Kier molecular flexibility index (Phi) is 5.06. The molecule has 30 heavy (non-hydrogen) atoms. The lowest BCUT2D eigenvalue weighted by molar-refractivity contribution is -0.138. The Morgan fingerprint density at radius 1 is 1.33 bits per heavy atom. The Balaban J connectivity index is 1.66. The molecule has 156 valence electrons. The second-order valence-corrected chi connectivity index (χ2v) is 6.91. The first kappa shape index (κ1) is 20.1. The summed E-state index contributed by atoms with van der Waals surface area (Å²) in [6.45, 7) is -1.39. The third kappa shape index (κ3) is 3.92. The summed E-state index contributed by atoms with van der Waals surface area (Å²) in [5, 5.41) is 2.80. The number of halogens is 5. The van der Waals surface area contributed by atoms with Crippen molar-refractivity contribution in [3.05, 3.63) is 47.6 Å². The fourth-order valence-corrected chi connectivity index (χ4v) is 3.27. The van der Waals surface area contributed by atoms with Crippen LogP contribution >= 0.6 is 11.6 Å². The van der Waals surface area contributed by atoms with Crippen LogP contribution in [0.5, 0.6) is 0 Å². The number of alkyl halides is 3. The minimum atomic E-state index is -4.55. The summed E-state index contributed by atoms with van der Waals surface area (Å²) in [5.74, 6) is -1.79. The number of hydrogen-bond donors (Lipinski definition) is 2. The number of amides is 1. The number of nitrogens with one attached hydrogen (secondary N) is 2. The normalized spacial score (nSPS) is 16.4. The molecule has 0 spiro atoms. The molecule has 1 atom stereocenters. The molecule has 1 aliphatic rings. The first-order valence-electron chi connectivity index (χ1n) is 8.66. The molecule has 0 radical (unpaired) electrons. The molecule has 0 bridgehead atoms. The number of rotatable bonds is 4. The number of fused-ring (bicyclic) bond motifs is 1. The number of H-pyrrole nitrogens is 1. The van der Waals surface area contributed by atoms with E-state index < -0.39 is 30.5 Å². The molecule has 0 aromatic carbocycles. The number of carbonyl (C=O) groups is 1. The van der Waals surface area contributed by atoms with Crippen LogP contribution < -0.4 is 10.2 Å². The van der Waals surface area contributed by atoms with Gasteiger partial charge in [0.15, 0.2) is 17.5 Å². The SMILES string of the molecule is O=C(NCC(F)(F)F)[C@H]1C=CCN1c1nc(-c2c[nH]c3ncc(Cl)cc23)ncc1F. The Hall–Kier alpha value is -3.21. The molecule has 1 aliphatic heterocycles. The maximum atomic E-state index is 14.5. The van der Waals surface area contributed by atoms with Gasteiger partial charge in [0.2, 0.25) is 5.91 Å². The number of aromatic nitrogens is 4. The van der Waals surface area contributed by atoms with Crippen molar-refractivity contribution in [1.82, 2.24) is 25.3 Å². The van der Waals surface area contributed by atoms with Gasteiger partial charge in [0.1, 0.15) is 18.2 Å². The van der Waals surface area contributed by atoms with Gasteiger partial charge < -0.3 is 15.2 Å². The maximum absolute atomic E-state index is 14.5. The quantitative estimate of drug-likeness (QED) is 0.480. The smallest absolute Gasteiger partial charge is 0.345 e. The summed E-state index contributed by atoms with van der Waals surface area (Å²) in [7, 11) is 0. The molecule has 12 heteroatoms. The van der Waals surface area contributed by atoms with Crippen LogP contribution in [-0.2, 0) is 4.79 Å². The molecule has 3 aromatic heterocycles. The molecule has 0 saturated carbocycles. The molecule has 2 N–H and O–H groups in total. The minimum Gasteiger partial charge on any atom is -0.345 e. The molecule has 1 amide bonds. The van der Waals surface area contributed by atoms with Gasteiger partial charge in [-0.1, -0.05) is 23.8 Å². The van der Waals surface area contributed by atoms with Gasteiger partial charge in [0.25, 0.3) is 0 Å². The Bertz CT molecular complexity index is 1150. The van der Waals surface area contributed by atoms with Gasteiger partial charge in [-0.25, -0.2) is 19.3 Å². The molecular formula is C18H13ClF4N6O. The van der Waals surface area contributed by atoms with Crippen molar-refractivity contribution in [2.45, 2.75) is 12.2 Å². The Labute approximate surface area is 171 Å². The van der Waals surface area contributed by atoms with Crippen LogP contribution in [0.25, 0.3) is 22.4 Å². The molecular weight excluding hydrogens is 428 g/mol. The first-order valence-corrected chi connectivity index (χ1v) is 9.04. The van der Waals surface area contributed by atoms with Crippen molar-refractivity contribution in [1.29, 1.82) is 0 Å². The highest BCUT2D eigenvalue weighted by molar-refractivity contribution is 6.31. The van der Waals surface area contributed by atoms with Crippen molar-refractivity contribution < 1.29 is 22.4 Å². The Morgan fingerprint density at radius 3 is 2.90 bits per heavy atom. The van der Waals surface area contributed by atoms with Gasteiger partial charge in [-0.15, -0.1) is 0 Å². The lowest BCUT2D eigenvalue weighted by atomic mass is 10.2. The number of pyridine rings is 1. The highest BCUT2D eigenvalue weighted by Crippen LogP contribution is 2.30. The van der Waals surface area contributed by atoms with E-state index in [-0.39, 0.29) is 18.2 Å². The number of nitrogens with zero attached hydrogens (tertiary/aromatic N) is 4. The molecule has 4 rings (SSSR count). The standard InChI is InChI=1S/C18H13ClF4N6O/c19-9-4-10-11(6-25-14(10)24-5-9)15-26-7-12(20)16(28-15)29-3-1-2-13(29)17(30)27-8-18(21,22)23/h1-2,4-7,13H,3,8H2,(H,24,25)(H,27,30)/t13-/m1/s1. The summed E-state index contributed by atoms with van der Waals surface area (Å²) in [6, 6.07) is 0.510. The van der Waals surface area contributed by atoms with E-state index in [4.69, 9.17) is 11.6 Å². The van der Waals surface area contributed by atoms with Crippen molar-refractivity contribution in [2.24, 2.45) is 0 Å². The largest absolute Gasteiger partial charge is 0.405 e. The first-order chi connectivity index (χ1) is 14.2. The van der Waals surface area contributed by atoms with E-state index in [2.05, 4.69) is 19.9 Å². The molecule has 0 unspecified atom stereocenters. The van der Waals surface area contributed by atoms with Gasteiger partial charge in [-0.05, 0) is 6.07 Å². The zero-order valence-corrected chi connectivity index (χ0v) is 15.8. The summed E-state index contributed by atoms with van der Waals surface area (Å²) in [5.41, 5.74) is 1.03. The third-order valence-electron chi connectivity index (χ3n) is 4.42. The predicted molar refractivity (Wildman–Crippen MR) is 101 cm³/mol. The van der Waals surface area contributed by atoms with Crippen molar-refractivity contribution in [3.63, 3.8) is 0 Å². The van der Waals surface area contributed by atoms with Gasteiger partial charge in [0, 0.05) is 29.9 Å². The third-order valence-corrected chi connectivity index (χ3v) is 4.63. The average Bonchev–Trinajstić information content (AvgIpc) is 3.33. The second-order valence-electron chi connectivity index (χ2n) is 6.48. The van der Waals surface area contributed by atoms with Gasteiger partial charge in [0.05, 0.1) is 11.2 Å². The summed E-state index contributed by atoms with van der Waals surface area (Å²) >= 11 is 5.99. The highest BCUT2D eigenvalue weighted by atomic mass is 35.5. The number of hydrogen-bond acceptors (Lipinski definition) is 5. The lowest BCUT2D eigenvalue weighted by Crippen LogP contribution is -2.46. The van der Waals surface area contributed by atoms with E-state index in [1.54, 1.807) is 23.7 Å². The average molecular weight is 441 g/mol. The van der Waals surface area contributed by atoms with E-state index in [0.29, 0.717) is 21.6 Å². The van der Waals surface area contributed by atoms with Crippen LogP contribution in [0.2, 0.25) is 5.02 Å². The van der Waals surface area contributed by atoms with Crippen molar-refractivity contribution in [3.8, 4) is 11.4 Å². The van der Waals surface area contributed by atoms with Crippen LogP contribution in [0.4, 0.5) is 23.4 Å². The predicted octanol–water partition coefficient (Wildman–Crippen LogP) is 3.24. The fourth-order valence-electron chi connectivity index (χ4n) is 3.11. The number of anilines is 1. The number of carbonyl (C=O) groups excluding carboxylic acids is 1. The van der Waals surface area contributed by atoms with Gasteiger partial charge in [-0.2, -0.15) is 13.2 Å². The van der Waals surface area contributed by atoms with Gasteiger partial charge >= 0.3 is 6.18 Å². The number of aromatic amines is 1. The Morgan fingerprint density at radius 2 is 2.13 bits per heavy atom. The van der Waals surface area contributed by atoms with Crippen LogP contribution in [-0.4, -0.2) is 51.2 Å². The van der Waals surface area contributed by atoms with Crippen LogP contribution in [0.3, 0.4) is 0 Å². The summed E-state index contributed by atoms with van der Waals surface area (Å²) < 4.78 is 51.7. The summed E-state index contributed by atoms with van der Waals surface area (Å²) in [6.07, 6.45) is 2.37. The monoisotopic (exact) mass is 440 g/mol. The summed E-state index contributed by atoms with van der Waals surface area (Å²) in [4.78, 5) is 28.8. The molecule has 0 saturated heterocycles. The molecule has 4 heterocycles. The zero-order chi connectivity index (χ0) is 21.5. The van der Waals surface area contributed by atoms with Crippen LogP contribution in [0.15, 0.2) is 36.8 Å². The van der Waals surface area contributed by atoms with E-state index in [9.17, 15) is 22.4 Å². The van der Waals surface area contributed by atoms with Gasteiger partial charge in [-0.3, -0.25) is 4.79 Å².